The first-order valence-corrected chi connectivity index (χ1v) is 12.4. The molecular formula is C14H18O4S4. The first-order chi connectivity index (χ1) is 10.2. The highest BCUT2D eigenvalue weighted by Crippen LogP contribution is 2.22. The molecule has 1 aromatic carbocycles. The fourth-order valence-electron chi connectivity index (χ4n) is 1.50. The molecule has 8 heteroatoms. The van der Waals surface area contributed by atoms with Crippen molar-refractivity contribution in [3.05, 3.63) is 54.0 Å². The van der Waals surface area contributed by atoms with Crippen molar-refractivity contribution in [2.75, 3.05) is 17.8 Å². The van der Waals surface area contributed by atoms with Crippen molar-refractivity contribution < 1.29 is 16.8 Å². The normalized spacial score (nSPS) is 12.6. The number of hydrogen-bond acceptors (Lipinski definition) is 6. The Balaban J connectivity index is 2.59. The van der Waals surface area contributed by atoms with Crippen LogP contribution in [0, 0.1) is 0 Å². The standard InChI is InChI=1S/C14H18O4S4/c1-3-9-19-20-10-4-11-22(17,18)12-13-5-7-14(8-6-13)21(2,15)16/h3-8,10H,1,9,11-12H2,2H3/b10-4+. The predicted molar refractivity (Wildman–Crippen MR) is 96.4 cm³/mol. The lowest BCUT2D eigenvalue weighted by molar-refractivity contribution is 0.598. The average molecular weight is 379 g/mol. The van der Waals surface area contributed by atoms with Crippen LogP contribution in [0.15, 0.2) is 53.3 Å². The van der Waals surface area contributed by atoms with E-state index >= 15 is 0 Å². The van der Waals surface area contributed by atoms with E-state index in [0.717, 1.165) is 12.0 Å². The molecule has 0 atom stereocenters. The van der Waals surface area contributed by atoms with Gasteiger partial charge in [-0.05, 0) is 23.1 Å². The van der Waals surface area contributed by atoms with E-state index < -0.39 is 19.7 Å². The van der Waals surface area contributed by atoms with Gasteiger partial charge in [-0.25, -0.2) is 16.8 Å². The maximum Gasteiger partial charge on any atom is 0.175 e. The first-order valence-electron chi connectivity index (χ1n) is 6.28. The van der Waals surface area contributed by atoms with E-state index in [0.29, 0.717) is 5.56 Å². The van der Waals surface area contributed by atoms with Crippen LogP contribution in [0.2, 0.25) is 0 Å². The van der Waals surface area contributed by atoms with E-state index in [9.17, 15) is 16.8 Å². The molecule has 0 saturated heterocycles. The van der Waals surface area contributed by atoms with Gasteiger partial charge < -0.3 is 0 Å². The summed E-state index contributed by atoms with van der Waals surface area (Å²) in [6.45, 7) is 3.59. The van der Waals surface area contributed by atoms with Crippen molar-refractivity contribution in [2.45, 2.75) is 10.6 Å². The third-order valence-corrected chi connectivity index (χ3v) is 7.06. The van der Waals surface area contributed by atoms with Gasteiger partial charge in [0.25, 0.3) is 0 Å². The van der Waals surface area contributed by atoms with Crippen LogP contribution in [0.3, 0.4) is 0 Å². The van der Waals surface area contributed by atoms with Crippen LogP contribution in [0.25, 0.3) is 0 Å². The first kappa shape index (κ1) is 19.3. The minimum atomic E-state index is -3.26. The van der Waals surface area contributed by atoms with Crippen molar-refractivity contribution in [1.82, 2.24) is 0 Å². The molecule has 4 nitrogen and oxygen atoms in total. The van der Waals surface area contributed by atoms with Crippen LogP contribution < -0.4 is 0 Å². The molecule has 0 spiro atoms. The molecule has 122 valence electrons. The molecule has 1 aromatic rings. The Morgan fingerprint density at radius 3 is 2.32 bits per heavy atom. The van der Waals surface area contributed by atoms with Gasteiger partial charge in [0, 0.05) is 12.0 Å². The summed E-state index contributed by atoms with van der Waals surface area (Å²) in [7, 11) is -3.48. The molecule has 0 bridgehead atoms. The van der Waals surface area contributed by atoms with Crippen LogP contribution in [0.5, 0.6) is 0 Å². The molecule has 0 unspecified atom stereocenters. The molecule has 0 aliphatic rings. The molecule has 0 amide bonds. The van der Waals surface area contributed by atoms with E-state index in [1.54, 1.807) is 28.4 Å². The lowest BCUT2D eigenvalue weighted by Crippen LogP contribution is -2.07. The molecule has 0 heterocycles. The molecule has 22 heavy (non-hydrogen) atoms. The topological polar surface area (TPSA) is 68.3 Å². The Bertz CT molecular complexity index is 717. The fraction of sp³-hybridized carbons (Fsp3) is 0.286. The fourth-order valence-corrected chi connectivity index (χ4v) is 4.88. The number of benzene rings is 1. The van der Waals surface area contributed by atoms with E-state index in [2.05, 4.69) is 6.58 Å². The Morgan fingerprint density at radius 2 is 1.77 bits per heavy atom. The second-order valence-corrected chi connectivity index (χ2v) is 11.0. The zero-order valence-electron chi connectivity index (χ0n) is 12.1. The largest absolute Gasteiger partial charge is 0.228 e. The SMILES string of the molecule is C=CCSS/C=C/CS(=O)(=O)Cc1ccc(S(C)(=O)=O)cc1. The second kappa shape index (κ2) is 8.81. The van der Waals surface area contributed by atoms with Gasteiger partial charge >= 0.3 is 0 Å². The minimum Gasteiger partial charge on any atom is -0.228 e. The maximum absolute atomic E-state index is 12.0. The zero-order valence-corrected chi connectivity index (χ0v) is 15.4. The van der Waals surface area contributed by atoms with Gasteiger partial charge in [-0.3, -0.25) is 0 Å². The Labute approximate surface area is 140 Å². The second-order valence-electron chi connectivity index (χ2n) is 4.51. The Kier molecular flexibility index (Phi) is 7.75. The van der Waals surface area contributed by atoms with E-state index in [-0.39, 0.29) is 16.4 Å². The summed E-state index contributed by atoms with van der Waals surface area (Å²) < 4.78 is 46.6. The monoisotopic (exact) mass is 378 g/mol. The molecule has 0 aliphatic carbocycles. The number of rotatable bonds is 9. The summed E-state index contributed by atoms with van der Waals surface area (Å²) in [4.78, 5) is 0.184. The van der Waals surface area contributed by atoms with Gasteiger partial charge in [-0.2, -0.15) is 0 Å². The third kappa shape index (κ3) is 7.53. The summed E-state index contributed by atoms with van der Waals surface area (Å²) in [5, 5.41) is 1.75. The number of sulfone groups is 2. The summed E-state index contributed by atoms with van der Waals surface area (Å²) in [6.07, 6.45) is 4.51. The van der Waals surface area contributed by atoms with Gasteiger partial charge in [-0.15, -0.1) is 6.58 Å². The van der Waals surface area contributed by atoms with Crippen LogP contribution in [0.1, 0.15) is 5.56 Å². The summed E-state index contributed by atoms with van der Waals surface area (Å²) in [6, 6.07) is 5.92. The lowest BCUT2D eigenvalue weighted by Gasteiger charge is -2.03. The van der Waals surface area contributed by atoms with Crippen molar-refractivity contribution >= 4 is 41.3 Å². The average Bonchev–Trinajstić information content (AvgIpc) is 2.42. The van der Waals surface area contributed by atoms with Gasteiger partial charge in [-0.1, -0.05) is 45.9 Å². The highest BCUT2D eigenvalue weighted by molar-refractivity contribution is 8.77. The number of hydrogen-bond donors (Lipinski definition) is 0. The van der Waals surface area contributed by atoms with Crippen LogP contribution in [0.4, 0.5) is 0 Å². The van der Waals surface area contributed by atoms with Gasteiger partial charge in [0.2, 0.25) is 0 Å². The van der Waals surface area contributed by atoms with E-state index in [1.165, 1.54) is 35.1 Å². The molecular weight excluding hydrogens is 360 g/mol. The Hall–Kier alpha value is -0.700. The molecule has 0 saturated carbocycles. The van der Waals surface area contributed by atoms with Gasteiger partial charge in [0.05, 0.1) is 16.4 Å². The highest BCUT2D eigenvalue weighted by atomic mass is 33.1. The quantitative estimate of drug-likeness (QED) is 0.374. The highest BCUT2D eigenvalue weighted by Gasteiger charge is 2.11. The summed E-state index contributed by atoms with van der Waals surface area (Å²) >= 11 is 0. The Morgan fingerprint density at radius 1 is 1.14 bits per heavy atom. The summed E-state index contributed by atoms with van der Waals surface area (Å²) in [5.41, 5.74) is 0.578. The minimum absolute atomic E-state index is 0.0392. The molecule has 1 rings (SSSR count). The van der Waals surface area contributed by atoms with Gasteiger partial charge in [0.1, 0.15) is 0 Å². The molecule has 0 radical (unpaired) electrons. The third-order valence-electron chi connectivity index (χ3n) is 2.49. The van der Waals surface area contributed by atoms with E-state index in [4.69, 9.17) is 0 Å². The smallest absolute Gasteiger partial charge is 0.175 e. The van der Waals surface area contributed by atoms with Crippen LogP contribution in [-0.4, -0.2) is 34.6 Å². The predicted octanol–water partition coefficient (Wildman–Crippen LogP) is 3.09. The zero-order chi connectivity index (χ0) is 16.6. The van der Waals surface area contributed by atoms with Crippen molar-refractivity contribution in [1.29, 1.82) is 0 Å². The summed E-state index contributed by atoms with van der Waals surface area (Å²) in [5.74, 6) is 0.656. The van der Waals surface area contributed by atoms with Crippen LogP contribution >= 0.6 is 21.6 Å². The molecule has 0 aromatic heterocycles. The van der Waals surface area contributed by atoms with Crippen LogP contribution in [-0.2, 0) is 25.4 Å². The van der Waals surface area contributed by atoms with Crippen molar-refractivity contribution in [3.63, 3.8) is 0 Å². The van der Waals surface area contributed by atoms with E-state index in [1.807, 2.05) is 0 Å². The lowest BCUT2D eigenvalue weighted by atomic mass is 10.2. The van der Waals surface area contributed by atoms with Gasteiger partial charge in [0.15, 0.2) is 19.7 Å². The maximum atomic E-state index is 12.0. The molecule has 0 aliphatic heterocycles. The molecule has 0 fully saturated rings. The molecule has 0 N–H and O–H groups in total. The van der Waals surface area contributed by atoms with Crippen molar-refractivity contribution in [3.8, 4) is 0 Å². The van der Waals surface area contributed by atoms with Crippen molar-refractivity contribution in [2.24, 2.45) is 0 Å².